The van der Waals surface area contributed by atoms with Crippen LogP contribution in [0.15, 0.2) is 46.1 Å². The molecule has 7 heteroatoms. The molecule has 0 amide bonds. The van der Waals surface area contributed by atoms with Crippen LogP contribution in [-0.4, -0.2) is 30.9 Å². The van der Waals surface area contributed by atoms with E-state index in [4.69, 9.17) is 16.7 Å². The minimum absolute atomic E-state index is 0.0639. The average Bonchev–Trinajstić information content (AvgIpc) is 3.20. The second kappa shape index (κ2) is 9.28. The van der Waals surface area contributed by atoms with Crippen LogP contribution in [0.3, 0.4) is 0 Å². The molecule has 1 saturated carbocycles. The minimum Gasteiger partial charge on any atom is -0.396 e. The fraction of sp³-hybridized carbons (Fsp3) is 0.409. The van der Waals surface area contributed by atoms with Crippen molar-refractivity contribution in [2.45, 2.75) is 43.9 Å². The molecule has 5 nitrogen and oxygen atoms in total. The lowest BCUT2D eigenvalue weighted by Gasteiger charge is -2.14. The predicted molar refractivity (Wildman–Crippen MR) is 116 cm³/mol. The van der Waals surface area contributed by atoms with E-state index in [1.807, 2.05) is 6.07 Å². The van der Waals surface area contributed by atoms with Crippen LogP contribution in [0.1, 0.15) is 48.9 Å². The summed E-state index contributed by atoms with van der Waals surface area (Å²) in [7, 11) is -3.56. The lowest BCUT2D eigenvalue weighted by Crippen LogP contribution is -2.12. The SMILES string of the molecule is Cc1ccc(/C(=C\C2CCCC2)c2ccc(S(=O)(=O)CCCO)c(Cl)c2)[nH]c1=O. The molecule has 0 spiro atoms. The van der Waals surface area contributed by atoms with Gasteiger partial charge in [-0.15, -0.1) is 0 Å². The van der Waals surface area contributed by atoms with Gasteiger partial charge in [-0.1, -0.05) is 42.7 Å². The van der Waals surface area contributed by atoms with E-state index in [0.29, 0.717) is 17.2 Å². The third kappa shape index (κ3) is 5.18. The number of rotatable bonds is 7. The van der Waals surface area contributed by atoms with E-state index < -0.39 is 9.84 Å². The first-order valence-electron chi connectivity index (χ1n) is 9.87. The van der Waals surface area contributed by atoms with E-state index in [1.165, 1.54) is 18.9 Å². The van der Waals surface area contributed by atoms with Gasteiger partial charge in [0.25, 0.3) is 5.56 Å². The number of halogens is 1. The number of aryl methyl sites for hydroxylation is 1. The zero-order valence-electron chi connectivity index (χ0n) is 16.4. The molecular weight excluding hydrogens is 410 g/mol. The number of aliphatic hydroxyl groups excluding tert-OH is 1. The summed E-state index contributed by atoms with van der Waals surface area (Å²) >= 11 is 6.36. The quantitative estimate of drug-likeness (QED) is 0.684. The van der Waals surface area contributed by atoms with Crippen LogP contribution < -0.4 is 5.56 Å². The van der Waals surface area contributed by atoms with Gasteiger partial charge in [0.15, 0.2) is 9.84 Å². The molecule has 156 valence electrons. The lowest BCUT2D eigenvalue weighted by atomic mass is 9.96. The van der Waals surface area contributed by atoms with Gasteiger partial charge in [0.1, 0.15) is 0 Å². The van der Waals surface area contributed by atoms with Crippen molar-refractivity contribution in [2.75, 3.05) is 12.4 Å². The molecule has 0 atom stereocenters. The lowest BCUT2D eigenvalue weighted by molar-refractivity contribution is 0.295. The Morgan fingerprint density at radius 1 is 1.24 bits per heavy atom. The van der Waals surface area contributed by atoms with Crippen molar-refractivity contribution in [3.8, 4) is 0 Å². The average molecular weight is 436 g/mol. The molecule has 0 aliphatic heterocycles. The first kappa shape index (κ1) is 21.8. The number of nitrogens with one attached hydrogen (secondary N) is 1. The van der Waals surface area contributed by atoms with Gasteiger partial charge in [-0.05, 0) is 55.9 Å². The standard InChI is InChI=1S/C22H26ClNO4S/c1-15-7-9-20(24-22(15)26)18(13-16-5-2-3-6-16)17-8-10-21(19(23)14-17)29(27,28)12-4-11-25/h7-10,13-14,16,25H,2-6,11-12H2,1H3,(H,24,26)/b18-13-. The highest BCUT2D eigenvalue weighted by Gasteiger charge is 2.20. The highest BCUT2D eigenvalue weighted by molar-refractivity contribution is 7.91. The molecule has 29 heavy (non-hydrogen) atoms. The molecule has 3 rings (SSSR count). The second-order valence-electron chi connectivity index (χ2n) is 7.55. The van der Waals surface area contributed by atoms with Gasteiger partial charge in [0.2, 0.25) is 0 Å². The molecule has 1 aromatic heterocycles. The second-order valence-corrected chi connectivity index (χ2v) is 10.0. The highest BCUT2D eigenvalue weighted by Crippen LogP contribution is 2.34. The number of hydrogen-bond donors (Lipinski definition) is 2. The van der Waals surface area contributed by atoms with Crippen LogP contribution in [-0.2, 0) is 9.84 Å². The zero-order chi connectivity index (χ0) is 21.0. The highest BCUT2D eigenvalue weighted by atomic mass is 35.5. The first-order chi connectivity index (χ1) is 13.8. The Bertz CT molecular complexity index is 1070. The molecule has 0 saturated heterocycles. The molecule has 0 unspecified atom stereocenters. The van der Waals surface area contributed by atoms with Crippen molar-refractivity contribution in [1.29, 1.82) is 0 Å². The molecule has 2 aromatic rings. The van der Waals surface area contributed by atoms with Crippen LogP contribution in [0.25, 0.3) is 5.57 Å². The molecule has 1 aliphatic carbocycles. The maximum absolute atomic E-state index is 12.5. The Balaban J connectivity index is 2.05. The Labute approximate surface area is 176 Å². The van der Waals surface area contributed by atoms with E-state index in [0.717, 1.165) is 24.0 Å². The number of aromatic nitrogens is 1. The summed E-state index contributed by atoms with van der Waals surface area (Å²) in [4.78, 5) is 15.1. The van der Waals surface area contributed by atoms with Crippen LogP contribution in [0.4, 0.5) is 0 Å². The molecule has 1 aromatic carbocycles. The predicted octanol–water partition coefficient (Wildman–Crippen LogP) is 4.11. The number of aromatic amines is 1. The van der Waals surface area contributed by atoms with Gasteiger partial charge in [-0.2, -0.15) is 0 Å². The molecule has 1 aliphatic rings. The molecule has 0 bridgehead atoms. The van der Waals surface area contributed by atoms with Gasteiger partial charge < -0.3 is 10.1 Å². The van der Waals surface area contributed by atoms with Crippen molar-refractivity contribution < 1.29 is 13.5 Å². The topological polar surface area (TPSA) is 87.2 Å². The van der Waals surface area contributed by atoms with Crippen molar-refractivity contribution in [3.05, 3.63) is 68.6 Å². The molecule has 1 fully saturated rings. The summed E-state index contributed by atoms with van der Waals surface area (Å²) < 4.78 is 24.9. The van der Waals surface area contributed by atoms with Gasteiger partial charge in [0, 0.05) is 23.4 Å². The van der Waals surface area contributed by atoms with Crippen LogP contribution in [0.5, 0.6) is 0 Å². The smallest absolute Gasteiger partial charge is 0.251 e. The summed E-state index contributed by atoms with van der Waals surface area (Å²) in [6.45, 7) is 1.57. The van der Waals surface area contributed by atoms with E-state index in [9.17, 15) is 13.2 Å². The Morgan fingerprint density at radius 3 is 2.59 bits per heavy atom. The fourth-order valence-electron chi connectivity index (χ4n) is 3.69. The third-order valence-electron chi connectivity index (χ3n) is 5.35. The molecule has 2 N–H and O–H groups in total. The number of allylic oxidation sites excluding steroid dienone is 1. The maximum atomic E-state index is 12.5. The minimum atomic E-state index is -3.56. The Hall–Kier alpha value is -1.89. The molecular formula is C22H26ClNO4S. The fourth-order valence-corrected chi connectivity index (χ4v) is 5.58. The van der Waals surface area contributed by atoms with Crippen LogP contribution >= 0.6 is 11.6 Å². The maximum Gasteiger partial charge on any atom is 0.251 e. The van der Waals surface area contributed by atoms with Gasteiger partial charge in [0.05, 0.1) is 15.7 Å². The summed E-state index contributed by atoms with van der Waals surface area (Å²) in [5.41, 5.74) is 2.81. The number of benzene rings is 1. The van der Waals surface area contributed by atoms with Crippen molar-refractivity contribution >= 4 is 27.0 Å². The summed E-state index contributed by atoms with van der Waals surface area (Å²) in [5, 5.41) is 9.08. The largest absolute Gasteiger partial charge is 0.396 e. The Kier molecular flexibility index (Phi) is 6.98. The third-order valence-corrected chi connectivity index (χ3v) is 7.62. The normalized spacial score (nSPS) is 15.8. The van der Waals surface area contributed by atoms with Gasteiger partial charge >= 0.3 is 0 Å². The number of hydrogen-bond acceptors (Lipinski definition) is 4. The summed E-state index contributed by atoms with van der Waals surface area (Å²) in [6.07, 6.45) is 6.89. The first-order valence-corrected chi connectivity index (χ1v) is 11.9. The van der Waals surface area contributed by atoms with Crippen molar-refractivity contribution in [3.63, 3.8) is 0 Å². The molecule has 0 radical (unpaired) electrons. The number of sulfone groups is 1. The summed E-state index contributed by atoms with van der Waals surface area (Å²) in [5.74, 6) is 0.264. The van der Waals surface area contributed by atoms with E-state index >= 15 is 0 Å². The molecule has 1 heterocycles. The van der Waals surface area contributed by atoms with Crippen LogP contribution in [0.2, 0.25) is 5.02 Å². The number of aliphatic hydroxyl groups is 1. The summed E-state index contributed by atoms with van der Waals surface area (Å²) in [6, 6.07) is 8.55. The Morgan fingerprint density at radius 2 is 1.97 bits per heavy atom. The van der Waals surface area contributed by atoms with E-state index in [-0.39, 0.29) is 34.3 Å². The van der Waals surface area contributed by atoms with E-state index in [1.54, 1.807) is 25.1 Å². The van der Waals surface area contributed by atoms with E-state index in [2.05, 4.69) is 11.1 Å². The number of H-pyrrole nitrogens is 1. The van der Waals surface area contributed by atoms with Crippen molar-refractivity contribution in [2.24, 2.45) is 5.92 Å². The number of pyridine rings is 1. The van der Waals surface area contributed by atoms with Crippen molar-refractivity contribution in [1.82, 2.24) is 4.98 Å². The van der Waals surface area contributed by atoms with Gasteiger partial charge in [-0.25, -0.2) is 8.42 Å². The zero-order valence-corrected chi connectivity index (χ0v) is 18.0. The monoisotopic (exact) mass is 435 g/mol. The van der Waals surface area contributed by atoms with Crippen LogP contribution in [0, 0.1) is 12.8 Å². The van der Waals surface area contributed by atoms with Gasteiger partial charge in [-0.3, -0.25) is 4.79 Å².